The maximum absolute atomic E-state index is 5.89. The summed E-state index contributed by atoms with van der Waals surface area (Å²) in [6, 6.07) is 10.6. The van der Waals surface area contributed by atoms with E-state index < -0.39 is 0 Å². The highest BCUT2D eigenvalue weighted by Gasteiger charge is 2.21. The van der Waals surface area contributed by atoms with E-state index in [1.807, 2.05) is 6.20 Å². The van der Waals surface area contributed by atoms with E-state index in [-0.39, 0.29) is 0 Å². The minimum atomic E-state index is 0.499. The molecule has 0 aliphatic carbocycles. The van der Waals surface area contributed by atoms with E-state index in [4.69, 9.17) is 5.73 Å². The van der Waals surface area contributed by atoms with Gasteiger partial charge in [-0.2, -0.15) is 0 Å². The van der Waals surface area contributed by atoms with Crippen molar-refractivity contribution in [3.63, 3.8) is 0 Å². The van der Waals surface area contributed by atoms with Crippen molar-refractivity contribution >= 4 is 0 Å². The lowest BCUT2D eigenvalue weighted by atomic mass is 10.1. The molecule has 19 heavy (non-hydrogen) atoms. The SMILES string of the molecule is NCC1CN(Cc2ccccc2)Cc2nccn2C1. The van der Waals surface area contributed by atoms with Crippen molar-refractivity contribution in [2.45, 2.75) is 19.6 Å². The van der Waals surface area contributed by atoms with Gasteiger partial charge >= 0.3 is 0 Å². The van der Waals surface area contributed by atoms with Crippen LogP contribution < -0.4 is 5.73 Å². The van der Waals surface area contributed by atoms with Crippen molar-refractivity contribution in [2.75, 3.05) is 13.1 Å². The van der Waals surface area contributed by atoms with Crippen LogP contribution in [0.15, 0.2) is 42.7 Å². The molecule has 0 saturated carbocycles. The van der Waals surface area contributed by atoms with E-state index in [0.717, 1.165) is 38.5 Å². The Bertz CT molecular complexity index is 520. The minimum absolute atomic E-state index is 0.499. The Morgan fingerprint density at radius 2 is 2.05 bits per heavy atom. The summed E-state index contributed by atoms with van der Waals surface area (Å²) in [5, 5.41) is 0. The Morgan fingerprint density at radius 1 is 1.21 bits per heavy atom. The highest BCUT2D eigenvalue weighted by molar-refractivity contribution is 5.14. The molecule has 100 valence electrons. The average Bonchev–Trinajstić information content (AvgIpc) is 2.79. The van der Waals surface area contributed by atoms with Gasteiger partial charge in [0.2, 0.25) is 0 Å². The molecule has 1 atom stereocenters. The van der Waals surface area contributed by atoms with Gasteiger partial charge in [0.05, 0.1) is 6.54 Å². The lowest BCUT2D eigenvalue weighted by molar-refractivity contribution is 0.222. The highest BCUT2D eigenvalue weighted by atomic mass is 15.2. The third kappa shape index (κ3) is 2.85. The predicted octanol–water partition coefficient (Wildman–Crippen LogP) is 1.47. The first-order valence-electron chi connectivity index (χ1n) is 6.81. The molecule has 1 aliphatic rings. The van der Waals surface area contributed by atoms with Crippen molar-refractivity contribution in [1.29, 1.82) is 0 Å². The molecular formula is C15H20N4. The van der Waals surface area contributed by atoms with Gasteiger partial charge in [-0.3, -0.25) is 4.90 Å². The molecule has 1 aromatic heterocycles. The molecular weight excluding hydrogens is 236 g/mol. The Morgan fingerprint density at radius 3 is 2.84 bits per heavy atom. The van der Waals surface area contributed by atoms with Crippen molar-refractivity contribution in [1.82, 2.24) is 14.5 Å². The van der Waals surface area contributed by atoms with Crippen molar-refractivity contribution in [2.24, 2.45) is 11.7 Å². The van der Waals surface area contributed by atoms with Crippen LogP contribution in [-0.2, 0) is 19.6 Å². The first-order chi connectivity index (χ1) is 9.35. The molecule has 2 heterocycles. The monoisotopic (exact) mass is 256 g/mol. The Balaban J connectivity index is 1.78. The van der Waals surface area contributed by atoms with Gasteiger partial charge in [0.1, 0.15) is 5.82 Å². The summed E-state index contributed by atoms with van der Waals surface area (Å²) in [5.74, 6) is 1.64. The zero-order chi connectivity index (χ0) is 13.1. The van der Waals surface area contributed by atoms with Crippen molar-refractivity contribution in [3.05, 3.63) is 54.1 Å². The molecule has 0 radical (unpaired) electrons. The lowest BCUT2D eigenvalue weighted by Crippen LogP contribution is -2.31. The second-order valence-corrected chi connectivity index (χ2v) is 5.25. The molecule has 2 N–H and O–H groups in total. The van der Waals surface area contributed by atoms with Crippen LogP contribution in [0.25, 0.3) is 0 Å². The summed E-state index contributed by atoms with van der Waals surface area (Å²) in [7, 11) is 0. The molecule has 0 amide bonds. The molecule has 4 nitrogen and oxygen atoms in total. The normalized spacial score (nSPS) is 19.9. The van der Waals surface area contributed by atoms with E-state index in [1.54, 1.807) is 0 Å². The van der Waals surface area contributed by atoms with Gasteiger partial charge in [-0.05, 0) is 12.1 Å². The first kappa shape index (κ1) is 12.4. The molecule has 4 heteroatoms. The second kappa shape index (κ2) is 5.55. The van der Waals surface area contributed by atoms with Crippen LogP contribution in [0.4, 0.5) is 0 Å². The fourth-order valence-electron chi connectivity index (χ4n) is 2.73. The number of aromatic nitrogens is 2. The number of benzene rings is 1. The van der Waals surface area contributed by atoms with Crippen LogP contribution in [0, 0.1) is 5.92 Å². The van der Waals surface area contributed by atoms with Gasteiger partial charge < -0.3 is 10.3 Å². The zero-order valence-corrected chi connectivity index (χ0v) is 11.1. The molecule has 1 aliphatic heterocycles. The summed E-state index contributed by atoms with van der Waals surface area (Å²) in [6.45, 7) is 4.61. The standard InChI is InChI=1S/C15H20N4/c16-8-14-10-18(9-13-4-2-1-3-5-13)12-15-17-6-7-19(15)11-14/h1-7,14H,8-12,16H2. The number of nitrogens with zero attached hydrogens (tertiary/aromatic N) is 3. The van der Waals surface area contributed by atoms with Crippen LogP contribution in [0.5, 0.6) is 0 Å². The number of nitrogens with two attached hydrogens (primary N) is 1. The van der Waals surface area contributed by atoms with E-state index in [1.165, 1.54) is 5.56 Å². The van der Waals surface area contributed by atoms with E-state index >= 15 is 0 Å². The number of rotatable bonds is 3. The van der Waals surface area contributed by atoms with E-state index in [0.29, 0.717) is 5.92 Å². The fourth-order valence-corrected chi connectivity index (χ4v) is 2.73. The smallest absolute Gasteiger partial charge is 0.122 e. The predicted molar refractivity (Wildman–Crippen MR) is 75.3 cm³/mol. The number of hydrogen-bond acceptors (Lipinski definition) is 3. The summed E-state index contributed by atoms with van der Waals surface area (Å²) >= 11 is 0. The van der Waals surface area contributed by atoms with Crippen LogP contribution in [0.3, 0.4) is 0 Å². The third-order valence-corrected chi connectivity index (χ3v) is 3.72. The van der Waals surface area contributed by atoms with Crippen molar-refractivity contribution < 1.29 is 0 Å². The maximum Gasteiger partial charge on any atom is 0.122 e. The Hall–Kier alpha value is -1.65. The first-order valence-corrected chi connectivity index (χ1v) is 6.81. The van der Waals surface area contributed by atoms with Gasteiger partial charge in [-0.15, -0.1) is 0 Å². The average molecular weight is 256 g/mol. The summed E-state index contributed by atoms with van der Waals surface area (Å²) in [5.41, 5.74) is 7.24. The molecule has 3 rings (SSSR count). The second-order valence-electron chi connectivity index (χ2n) is 5.25. The summed E-state index contributed by atoms with van der Waals surface area (Å²) in [4.78, 5) is 6.90. The zero-order valence-electron chi connectivity index (χ0n) is 11.1. The molecule has 0 spiro atoms. The van der Waals surface area contributed by atoms with E-state index in [2.05, 4.69) is 51.0 Å². The highest BCUT2D eigenvalue weighted by Crippen LogP contribution is 2.17. The Kier molecular flexibility index (Phi) is 3.62. The molecule has 1 aromatic carbocycles. The molecule has 0 fully saturated rings. The molecule has 0 bridgehead atoms. The van der Waals surface area contributed by atoms with Crippen molar-refractivity contribution in [3.8, 4) is 0 Å². The lowest BCUT2D eigenvalue weighted by Gasteiger charge is -2.22. The van der Waals surface area contributed by atoms with Gasteiger partial charge in [0.25, 0.3) is 0 Å². The minimum Gasteiger partial charge on any atom is -0.333 e. The van der Waals surface area contributed by atoms with Gasteiger partial charge in [-0.25, -0.2) is 4.98 Å². The maximum atomic E-state index is 5.89. The summed E-state index contributed by atoms with van der Waals surface area (Å²) in [6.07, 6.45) is 3.94. The topological polar surface area (TPSA) is 47.1 Å². The fraction of sp³-hybridized carbons (Fsp3) is 0.400. The van der Waals surface area contributed by atoms with Crippen LogP contribution in [0.1, 0.15) is 11.4 Å². The third-order valence-electron chi connectivity index (χ3n) is 3.72. The van der Waals surface area contributed by atoms with Gasteiger partial charge in [0, 0.05) is 37.9 Å². The quantitative estimate of drug-likeness (QED) is 0.904. The largest absolute Gasteiger partial charge is 0.333 e. The Labute approximate surface area is 113 Å². The summed E-state index contributed by atoms with van der Waals surface area (Å²) < 4.78 is 2.24. The number of fused-ring (bicyclic) bond motifs is 1. The van der Waals surface area contributed by atoms with Gasteiger partial charge in [-0.1, -0.05) is 30.3 Å². The number of hydrogen-bond donors (Lipinski definition) is 1. The van der Waals surface area contributed by atoms with Gasteiger partial charge in [0.15, 0.2) is 0 Å². The van der Waals surface area contributed by atoms with E-state index in [9.17, 15) is 0 Å². The van der Waals surface area contributed by atoms with Crippen LogP contribution >= 0.6 is 0 Å². The number of imidazole rings is 1. The molecule has 2 aromatic rings. The molecule has 1 unspecified atom stereocenters. The van der Waals surface area contributed by atoms with Crippen LogP contribution in [0.2, 0.25) is 0 Å². The van der Waals surface area contributed by atoms with Crippen LogP contribution in [-0.4, -0.2) is 27.5 Å². The molecule has 0 saturated heterocycles.